The van der Waals surface area contributed by atoms with Gasteiger partial charge in [0.1, 0.15) is 11.5 Å². The second kappa shape index (κ2) is 10.7. The van der Waals surface area contributed by atoms with Crippen LogP contribution in [0.5, 0.6) is 17.2 Å². The molecule has 0 aliphatic carbocycles. The minimum absolute atomic E-state index is 0.00514. The fourth-order valence-electron chi connectivity index (χ4n) is 6.64. The summed E-state index contributed by atoms with van der Waals surface area (Å²) in [6.45, 7) is 21.7. The molecule has 0 saturated carbocycles. The molecule has 6 nitrogen and oxygen atoms in total. The van der Waals surface area contributed by atoms with Gasteiger partial charge in [-0.25, -0.2) is 0 Å². The highest BCUT2D eigenvalue weighted by Gasteiger charge is 2.48. The van der Waals surface area contributed by atoms with Crippen LogP contribution in [0.3, 0.4) is 0 Å². The number of hydrogen-bond donors (Lipinski definition) is 2. The maximum atomic E-state index is 12.5. The van der Waals surface area contributed by atoms with E-state index in [-0.39, 0.29) is 27.9 Å². The molecule has 34 heavy (non-hydrogen) atoms. The van der Waals surface area contributed by atoms with Gasteiger partial charge in [0.25, 0.3) is 0 Å². The van der Waals surface area contributed by atoms with Gasteiger partial charge < -0.3 is 14.6 Å². The van der Waals surface area contributed by atoms with Gasteiger partial charge in [0.05, 0.1) is 14.2 Å². The zero-order valence-corrected chi connectivity index (χ0v) is 24.2. The molecule has 1 aromatic rings. The summed E-state index contributed by atoms with van der Waals surface area (Å²) in [7, 11) is -1.87. The molecule has 0 amide bonds. The lowest BCUT2D eigenvalue weighted by Crippen LogP contribution is -2.38. The molecule has 0 aliphatic heterocycles. The van der Waals surface area contributed by atoms with Crippen LogP contribution < -0.4 is 9.47 Å². The molecule has 1 unspecified atom stereocenters. The summed E-state index contributed by atoms with van der Waals surface area (Å²) >= 11 is 0. The first kappa shape index (κ1) is 30.6. The summed E-state index contributed by atoms with van der Waals surface area (Å²) in [4.78, 5) is -0.578. The molecule has 0 heterocycles. The van der Waals surface area contributed by atoms with Crippen molar-refractivity contribution >= 4 is 10.1 Å². The van der Waals surface area contributed by atoms with E-state index in [0.29, 0.717) is 35.6 Å². The highest BCUT2D eigenvalue weighted by atomic mass is 32.2. The van der Waals surface area contributed by atoms with Crippen molar-refractivity contribution in [2.45, 2.75) is 106 Å². The molecular formula is C27H48O6S. The molecule has 7 heteroatoms. The van der Waals surface area contributed by atoms with Crippen molar-refractivity contribution in [3.8, 4) is 17.2 Å². The smallest absolute Gasteiger partial charge is 0.301 e. The van der Waals surface area contributed by atoms with Gasteiger partial charge in [0, 0.05) is 17.0 Å². The quantitative estimate of drug-likeness (QED) is 0.311. The van der Waals surface area contributed by atoms with Crippen LogP contribution in [0.2, 0.25) is 0 Å². The van der Waals surface area contributed by atoms with E-state index in [1.165, 1.54) is 14.2 Å². The Hall–Kier alpha value is -1.47. The van der Waals surface area contributed by atoms with Crippen molar-refractivity contribution in [1.82, 2.24) is 0 Å². The third-order valence-electron chi connectivity index (χ3n) is 6.41. The van der Waals surface area contributed by atoms with E-state index in [9.17, 15) is 18.1 Å². The molecule has 1 aromatic carbocycles. The monoisotopic (exact) mass is 500 g/mol. The van der Waals surface area contributed by atoms with E-state index in [4.69, 9.17) is 9.47 Å². The van der Waals surface area contributed by atoms with Crippen molar-refractivity contribution in [2.24, 2.45) is 22.2 Å². The second-order valence-corrected chi connectivity index (χ2v) is 14.0. The topological polar surface area (TPSA) is 93.1 Å². The standard InChI is InChI=1S/C27H48O6S/c1-13-14-18-20(28)23(34(29,30)31)22(33-12)19(21(18)32-11)24(26(7,8)15-17(2)3)27(9,10)16-25(4,5)6/h17,24,28H,13-16H2,1-12H3,(H,29,30,31). The summed E-state index contributed by atoms with van der Waals surface area (Å²) in [5.41, 5.74) is 0.379. The maximum Gasteiger partial charge on any atom is 0.301 e. The van der Waals surface area contributed by atoms with Crippen molar-refractivity contribution < 1.29 is 27.6 Å². The average molecular weight is 501 g/mol. The molecule has 1 atom stereocenters. The molecule has 2 N–H and O–H groups in total. The number of rotatable bonds is 11. The average Bonchev–Trinajstić information content (AvgIpc) is 2.59. The van der Waals surface area contributed by atoms with Crippen LogP contribution in [0, 0.1) is 22.2 Å². The predicted octanol–water partition coefficient (Wildman–Crippen LogP) is 7.23. The lowest BCUT2D eigenvalue weighted by atomic mass is 9.56. The van der Waals surface area contributed by atoms with Gasteiger partial charge in [-0.05, 0) is 41.4 Å². The number of benzene rings is 1. The number of phenolic OH excluding ortho intramolecular Hbond substituents is 1. The van der Waals surface area contributed by atoms with Gasteiger partial charge in [-0.2, -0.15) is 8.42 Å². The first-order valence-electron chi connectivity index (χ1n) is 12.2. The molecule has 0 spiro atoms. The molecule has 0 fully saturated rings. The van der Waals surface area contributed by atoms with Crippen LogP contribution in [0.15, 0.2) is 4.90 Å². The Bertz CT molecular complexity index is 953. The number of aromatic hydroxyl groups is 1. The Morgan fingerprint density at radius 1 is 0.912 bits per heavy atom. The summed E-state index contributed by atoms with van der Waals surface area (Å²) in [5, 5.41) is 11.0. The molecule has 198 valence electrons. The summed E-state index contributed by atoms with van der Waals surface area (Å²) in [5.74, 6) is 0.0835. The van der Waals surface area contributed by atoms with Crippen LogP contribution in [0.4, 0.5) is 0 Å². The summed E-state index contributed by atoms with van der Waals surface area (Å²) < 4.78 is 46.9. The van der Waals surface area contributed by atoms with E-state index in [0.717, 1.165) is 12.8 Å². The minimum Gasteiger partial charge on any atom is -0.506 e. The fraction of sp³-hybridized carbons (Fsp3) is 0.778. The molecule has 0 saturated heterocycles. The van der Waals surface area contributed by atoms with Crippen molar-refractivity contribution in [3.63, 3.8) is 0 Å². The molecule has 0 aliphatic rings. The van der Waals surface area contributed by atoms with E-state index >= 15 is 0 Å². The molecule has 1 rings (SSSR count). The predicted molar refractivity (Wildman–Crippen MR) is 139 cm³/mol. The summed E-state index contributed by atoms with van der Waals surface area (Å²) in [6, 6.07) is 0. The molecule has 0 aromatic heterocycles. The maximum absolute atomic E-state index is 12.5. The van der Waals surface area contributed by atoms with Gasteiger partial charge in [0.2, 0.25) is 0 Å². The highest BCUT2D eigenvalue weighted by molar-refractivity contribution is 7.86. The first-order valence-corrected chi connectivity index (χ1v) is 13.7. The van der Waals surface area contributed by atoms with Crippen molar-refractivity contribution in [3.05, 3.63) is 11.1 Å². The van der Waals surface area contributed by atoms with E-state index in [1.807, 2.05) is 6.92 Å². The van der Waals surface area contributed by atoms with E-state index < -0.39 is 20.8 Å². The SMILES string of the molecule is CCCc1c(O)c(S(=O)(=O)O)c(OC)c(C(C(C)(C)CC(C)C)C(C)(C)CC(C)(C)C)c1OC. The van der Waals surface area contributed by atoms with Crippen LogP contribution in [-0.4, -0.2) is 32.3 Å². The summed E-state index contributed by atoms with van der Waals surface area (Å²) in [6.07, 6.45) is 2.78. The first-order chi connectivity index (χ1) is 15.2. The fourth-order valence-corrected chi connectivity index (χ4v) is 7.43. The Labute approximate surface area is 208 Å². The van der Waals surface area contributed by atoms with Crippen LogP contribution in [0.1, 0.15) is 106 Å². The largest absolute Gasteiger partial charge is 0.506 e. The molecule has 0 bridgehead atoms. The third-order valence-corrected chi connectivity index (χ3v) is 7.30. The zero-order chi connectivity index (χ0) is 26.9. The number of phenols is 1. The lowest BCUT2D eigenvalue weighted by molar-refractivity contribution is 0.0749. The van der Waals surface area contributed by atoms with Crippen LogP contribution >= 0.6 is 0 Å². The Balaban J connectivity index is 4.36. The van der Waals surface area contributed by atoms with E-state index in [1.54, 1.807) is 0 Å². The van der Waals surface area contributed by atoms with E-state index in [2.05, 4.69) is 62.3 Å². The van der Waals surface area contributed by atoms with Crippen LogP contribution in [0.25, 0.3) is 0 Å². The van der Waals surface area contributed by atoms with Gasteiger partial charge in [0.15, 0.2) is 10.6 Å². The second-order valence-electron chi connectivity index (χ2n) is 12.6. The van der Waals surface area contributed by atoms with Gasteiger partial charge in [-0.3, -0.25) is 4.55 Å². The molecular weight excluding hydrogens is 452 g/mol. The number of methoxy groups -OCH3 is 2. The number of hydrogen-bond acceptors (Lipinski definition) is 5. The lowest BCUT2D eigenvalue weighted by Gasteiger charge is -2.49. The van der Waals surface area contributed by atoms with Crippen LogP contribution in [-0.2, 0) is 16.5 Å². The number of ether oxygens (including phenoxy) is 2. The Morgan fingerprint density at radius 3 is 1.76 bits per heavy atom. The normalized spacial score (nSPS) is 14.4. The minimum atomic E-state index is -4.78. The van der Waals surface area contributed by atoms with Crippen molar-refractivity contribution in [2.75, 3.05) is 14.2 Å². The van der Waals surface area contributed by atoms with Gasteiger partial charge in [-0.1, -0.05) is 75.7 Å². The molecule has 0 radical (unpaired) electrons. The van der Waals surface area contributed by atoms with Gasteiger partial charge in [-0.15, -0.1) is 0 Å². The Morgan fingerprint density at radius 2 is 1.41 bits per heavy atom. The Kier molecular flexibility index (Phi) is 9.57. The zero-order valence-electron chi connectivity index (χ0n) is 23.4. The van der Waals surface area contributed by atoms with Gasteiger partial charge >= 0.3 is 10.1 Å². The third kappa shape index (κ3) is 6.81. The van der Waals surface area contributed by atoms with Crippen molar-refractivity contribution in [1.29, 1.82) is 0 Å². The highest BCUT2D eigenvalue weighted by Crippen LogP contribution is 2.61.